The smallest absolute Gasteiger partial charge is 0.220 e. The quantitative estimate of drug-likeness (QED) is 0.740. The molecule has 0 fully saturated rings. The van der Waals surface area contributed by atoms with E-state index in [1.807, 2.05) is 24.3 Å². The molecule has 18 heavy (non-hydrogen) atoms. The molecule has 0 aliphatic heterocycles. The zero-order valence-electron chi connectivity index (χ0n) is 10.3. The largest absolute Gasteiger partial charge is 0.393 e. The van der Waals surface area contributed by atoms with Crippen LogP contribution in [0, 0.1) is 0 Å². The van der Waals surface area contributed by atoms with E-state index in [0.29, 0.717) is 12.8 Å². The number of benzene rings is 1. The molecule has 1 rings (SSSR count). The second-order valence-corrected chi connectivity index (χ2v) is 5.48. The summed E-state index contributed by atoms with van der Waals surface area (Å²) in [5.74, 6) is -0.135. The van der Waals surface area contributed by atoms with Gasteiger partial charge < -0.3 is 15.5 Å². The van der Waals surface area contributed by atoms with Crippen LogP contribution < -0.4 is 5.32 Å². The Morgan fingerprint density at radius 1 is 1.50 bits per heavy atom. The van der Waals surface area contributed by atoms with E-state index in [0.717, 1.165) is 10.0 Å². The van der Waals surface area contributed by atoms with Gasteiger partial charge in [0.15, 0.2) is 0 Å². The minimum Gasteiger partial charge on any atom is -0.393 e. The number of aliphatic hydroxyl groups excluding tert-OH is 1. The molecule has 0 aliphatic carbocycles. The zero-order valence-corrected chi connectivity index (χ0v) is 11.9. The Morgan fingerprint density at radius 3 is 2.83 bits per heavy atom. The summed E-state index contributed by atoms with van der Waals surface area (Å²) in [4.78, 5) is 11.5. The van der Waals surface area contributed by atoms with Crippen molar-refractivity contribution in [2.75, 3.05) is 13.2 Å². The molecule has 1 aromatic rings. The Bertz CT molecular complexity index is 407. The molecule has 4 nitrogen and oxygen atoms in total. The van der Waals surface area contributed by atoms with E-state index in [9.17, 15) is 9.90 Å². The van der Waals surface area contributed by atoms with Gasteiger partial charge >= 0.3 is 0 Å². The summed E-state index contributed by atoms with van der Waals surface area (Å²) in [5, 5.41) is 21.0. The molecule has 0 saturated carbocycles. The average Bonchev–Trinajstić information content (AvgIpc) is 2.34. The van der Waals surface area contributed by atoms with Crippen LogP contribution in [0.2, 0.25) is 0 Å². The summed E-state index contributed by atoms with van der Waals surface area (Å²) in [6.45, 7) is 1.15. The van der Waals surface area contributed by atoms with Crippen molar-refractivity contribution < 1.29 is 15.0 Å². The van der Waals surface area contributed by atoms with Crippen LogP contribution in [0.3, 0.4) is 0 Å². The van der Waals surface area contributed by atoms with E-state index in [2.05, 4.69) is 21.2 Å². The van der Waals surface area contributed by atoms with Gasteiger partial charge in [-0.1, -0.05) is 28.1 Å². The number of aliphatic hydroxyl groups is 2. The van der Waals surface area contributed by atoms with Gasteiger partial charge in [-0.25, -0.2) is 0 Å². The highest BCUT2D eigenvalue weighted by molar-refractivity contribution is 9.10. The number of halogens is 1. The summed E-state index contributed by atoms with van der Waals surface area (Å²) in [5.41, 5.74) is -0.181. The van der Waals surface area contributed by atoms with Crippen molar-refractivity contribution in [1.29, 1.82) is 0 Å². The molecule has 1 unspecified atom stereocenters. The maximum absolute atomic E-state index is 11.5. The predicted octanol–water partition coefficient (Wildman–Crippen LogP) is 1.24. The third kappa shape index (κ3) is 5.62. The van der Waals surface area contributed by atoms with Crippen LogP contribution in [0.25, 0.3) is 0 Å². The molecule has 100 valence electrons. The number of rotatable bonds is 6. The van der Waals surface area contributed by atoms with Gasteiger partial charge in [-0.05, 0) is 31.0 Å². The standard InChI is InChI=1S/C13H18BrNO3/c1-13(18,9-16)8-15-12(17)6-5-10-3-2-4-11(14)7-10/h2-4,7,16,18H,5-6,8-9H2,1H3,(H,15,17). The molecule has 0 spiro atoms. The maximum Gasteiger partial charge on any atom is 0.220 e. The zero-order chi connectivity index (χ0) is 13.6. The van der Waals surface area contributed by atoms with Crippen molar-refractivity contribution in [2.24, 2.45) is 0 Å². The summed E-state index contributed by atoms with van der Waals surface area (Å²) in [6, 6.07) is 7.79. The van der Waals surface area contributed by atoms with Gasteiger partial charge in [0, 0.05) is 17.4 Å². The third-order valence-corrected chi connectivity index (χ3v) is 3.03. The molecular weight excluding hydrogens is 298 g/mol. The fourth-order valence-electron chi connectivity index (χ4n) is 1.38. The molecule has 0 aliphatic rings. The predicted molar refractivity (Wildman–Crippen MR) is 73.2 cm³/mol. The number of nitrogens with one attached hydrogen (secondary N) is 1. The lowest BCUT2D eigenvalue weighted by atomic mass is 10.1. The van der Waals surface area contributed by atoms with Gasteiger partial charge in [0.1, 0.15) is 5.60 Å². The second-order valence-electron chi connectivity index (χ2n) is 4.56. The molecule has 1 atom stereocenters. The number of carbonyl (C=O) groups is 1. The summed E-state index contributed by atoms with van der Waals surface area (Å²) in [7, 11) is 0. The highest BCUT2D eigenvalue weighted by Crippen LogP contribution is 2.12. The minimum atomic E-state index is -1.26. The van der Waals surface area contributed by atoms with Crippen molar-refractivity contribution in [3.63, 3.8) is 0 Å². The Labute approximate surface area is 115 Å². The van der Waals surface area contributed by atoms with E-state index in [1.54, 1.807) is 0 Å². The van der Waals surface area contributed by atoms with Crippen LogP contribution in [-0.2, 0) is 11.2 Å². The third-order valence-electron chi connectivity index (χ3n) is 2.54. The van der Waals surface area contributed by atoms with Crippen LogP contribution in [0.1, 0.15) is 18.9 Å². The van der Waals surface area contributed by atoms with Gasteiger partial charge in [-0.2, -0.15) is 0 Å². The number of amides is 1. The fraction of sp³-hybridized carbons (Fsp3) is 0.462. The average molecular weight is 316 g/mol. The first-order valence-corrected chi connectivity index (χ1v) is 6.57. The lowest BCUT2D eigenvalue weighted by Crippen LogP contribution is -2.43. The molecule has 0 radical (unpaired) electrons. The minimum absolute atomic E-state index is 0.0564. The molecule has 0 heterocycles. The summed E-state index contributed by atoms with van der Waals surface area (Å²) >= 11 is 3.37. The number of hydrogen-bond acceptors (Lipinski definition) is 3. The van der Waals surface area contributed by atoms with Gasteiger partial charge in [0.25, 0.3) is 0 Å². The molecule has 0 saturated heterocycles. The molecule has 0 bridgehead atoms. The van der Waals surface area contributed by atoms with Crippen molar-refractivity contribution in [2.45, 2.75) is 25.4 Å². The highest BCUT2D eigenvalue weighted by Gasteiger charge is 2.19. The topological polar surface area (TPSA) is 69.6 Å². The van der Waals surface area contributed by atoms with Crippen LogP contribution in [0.5, 0.6) is 0 Å². The van der Waals surface area contributed by atoms with Crippen molar-refractivity contribution >= 4 is 21.8 Å². The Kier molecular flexibility index (Phi) is 5.78. The van der Waals surface area contributed by atoms with Crippen LogP contribution in [0.4, 0.5) is 0 Å². The van der Waals surface area contributed by atoms with Gasteiger partial charge in [0.2, 0.25) is 5.91 Å². The summed E-state index contributed by atoms with van der Waals surface area (Å²) < 4.78 is 0.989. The number of aryl methyl sites for hydroxylation is 1. The first kappa shape index (κ1) is 15.1. The molecule has 5 heteroatoms. The first-order valence-electron chi connectivity index (χ1n) is 5.77. The molecule has 1 amide bonds. The Morgan fingerprint density at radius 2 is 2.22 bits per heavy atom. The monoisotopic (exact) mass is 315 g/mol. The van der Waals surface area contributed by atoms with Gasteiger partial charge in [-0.15, -0.1) is 0 Å². The van der Waals surface area contributed by atoms with Crippen molar-refractivity contribution in [3.05, 3.63) is 34.3 Å². The van der Waals surface area contributed by atoms with E-state index in [-0.39, 0.29) is 19.1 Å². The van der Waals surface area contributed by atoms with Crippen LogP contribution in [0.15, 0.2) is 28.7 Å². The fourth-order valence-corrected chi connectivity index (χ4v) is 1.83. The van der Waals surface area contributed by atoms with E-state index in [4.69, 9.17) is 5.11 Å². The van der Waals surface area contributed by atoms with Crippen molar-refractivity contribution in [1.82, 2.24) is 5.32 Å². The van der Waals surface area contributed by atoms with Crippen LogP contribution in [-0.4, -0.2) is 34.9 Å². The van der Waals surface area contributed by atoms with E-state index in [1.165, 1.54) is 6.92 Å². The molecular formula is C13H18BrNO3. The second kappa shape index (κ2) is 6.87. The van der Waals surface area contributed by atoms with Crippen LogP contribution >= 0.6 is 15.9 Å². The normalized spacial score (nSPS) is 14.0. The van der Waals surface area contributed by atoms with Gasteiger partial charge in [-0.3, -0.25) is 4.79 Å². The Balaban J connectivity index is 2.34. The molecule has 3 N–H and O–H groups in total. The number of hydrogen-bond donors (Lipinski definition) is 3. The van der Waals surface area contributed by atoms with E-state index < -0.39 is 5.60 Å². The SMILES string of the molecule is CC(O)(CO)CNC(=O)CCc1cccc(Br)c1. The van der Waals surface area contributed by atoms with Gasteiger partial charge in [0.05, 0.1) is 6.61 Å². The molecule has 1 aromatic carbocycles. The summed E-state index contributed by atoms with van der Waals surface area (Å²) in [6.07, 6.45) is 1.00. The maximum atomic E-state index is 11.5. The first-order chi connectivity index (χ1) is 8.43. The van der Waals surface area contributed by atoms with E-state index >= 15 is 0 Å². The lowest BCUT2D eigenvalue weighted by molar-refractivity contribution is -0.122. The highest BCUT2D eigenvalue weighted by atomic mass is 79.9. The van der Waals surface area contributed by atoms with Crippen molar-refractivity contribution in [3.8, 4) is 0 Å². The Hall–Kier alpha value is -0.910. The lowest BCUT2D eigenvalue weighted by Gasteiger charge is -2.20. The molecule has 0 aromatic heterocycles. The number of carbonyl (C=O) groups excluding carboxylic acids is 1.